The van der Waals surface area contributed by atoms with E-state index in [9.17, 15) is 4.79 Å². The molecule has 0 saturated carbocycles. The zero-order valence-electron chi connectivity index (χ0n) is 7.46. The minimum absolute atomic E-state index is 0.0656. The number of carbonyl (C=O) groups is 1. The molecule has 12 heavy (non-hydrogen) atoms. The van der Waals surface area contributed by atoms with Gasteiger partial charge in [0.1, 0.15) is 0 Å². The molecule has 0 aliphatic rings. The molecule has 4 heteroatoms. The smallest absolute Gasteiger partial charge is 0.216 e. The number of carbonyl (C=O) groups excluding carboxylic acids is 1. The second kappa shape index (κ2) is 6.62. The van der Waals surface area contributed by atoms with Gasteiger partial charge in [0.15, 0.2) is 0 Å². The Balaban J connectivity index is 3.46. The van der Waals surface area contributed by atoms with Crippen molar-refractivity contribution in [2.24, 2.45) is 5.92 Å². The van der Waals surface area contributed by atoms with Gasteiger partial charge in [-0.2, -0.15) is 5.26 Å². The first-order chi connectivity index (χ1) is 5.70. The van der Waals surface area contributed by atoms with E-state index in [1.54, 1.807) is 7.11 Å². The molecule has 1 N–H and O–H groups in total. The molecular formula is C8H14N2O2. The van der Waals surface area contributed by atoms with Gasteiger partial charge in [-0.25, -0.2) is 0 Å². The zero-order valence-corrected chi connectivity index (χ0v) is 7.46. The molecule has 0 bridgehead atoms. The summed E-state index contributed by atoms with van der Waals surface area (Å²) in [4.78, 5) is 10.4. The molecule has 0 heterocycles. The van der Waals surface area contributed by atoms with E-state index in [0.29, 0.717) is 19.6 Å². The van der Waals surface area contributed by atoms with E-state index in [0.717, 1.165) is 0 Å². The highest BCUT2D eigenvalue weighted by Gasteiger charge is 2.05. The third kappa shape index (κ3) is 5.69. The molecule has 0 aliphatic heterocycles. The Labute approximate surface area is 72.5 Å². The van der Waals surface area contributed by atoms with Gasteiger partial charge >= 0.3 is 0 Å². The topological polar surface area (TPSA) is 62.1 Å². The van der Waals surface area contributed by atoms with Crippen molar-refractivity contribution in [1.82, 2.24) is 5.32 Å². The van der Waals surface area contributed by atoms with Crippen molar-refractivity contribution >= 4 is 5.91 Å². The maximum absolute atomic E-state index is 10.4. The van der Waals surface area contributed by atoms with E-state index in [1.165, 1.54) is 6.92 Å². The van der Waals surface area contributed by atoms with E-state index in [4.69, 9.17) is 10.00 Å². The molecule has 0 aromatic rings. The second-order valence-corrected chi connectivity index (χ2v) is 2.55. The van der Waals surface area contributed by atoms with Crippen molar-refractivity contribution < 1.29 is 9.53 Å². The Hall–Kier alpha value is -1.08. The molecule has 0 aliphatic carbocycles. The minimum Gasteiger partial charge on any atom is -0.383 e. The van der Waals surface area contributed by atoms with Gasteiger partial charge in [0.2, 0.25) is 5.91 Å². The summed E-state index contributed by atoms with van der Waals surface area (Å²) in [5.41, 5.74) is 0. The van der Waals surface area contributed by atoms with Crippen molar-refractivity contribution in [3.63, 3.8) is 0 Å². The zero-order chi connectivity index (χ0) is 9.40. The molecule has 0 aromatic heterocycles. The Morgan fingerprint density at radius 1 is 1.75 bits per heavy atom. The highest BCUT2D eigenvalue weighted by molar-refractivity contribution is 5.72. The van der Waals surface area contributed by atoms with Crippen LogP contribution in [0.2, 0.25) is 0 Å². The molecule has 1 atom stereocenters. The normalized spacial score (nSPS) is 11.8. The summed E-state index contributed by atoms with van der Waals surface area (Å²) >= 11 is 0. The Morgan fingerprint density at radius 3 is 2.83 bits per heavy atom. The van der Waals surface area contributed by atoms with Crippen LogP contribution >= 0.6 is 0 Å². The van der Waals surface area contributed by atoms with Gasteiger partial charge in [0.05, 0.1) is 18.6 Å². The number of nitrogens with one attached hydrogen (secondary N) is 1. The van der Waals surface area contributed by atoms with Crippen molar-refractivity contribution in [2.45, 2.75) is 13.3 Å². The largest absolute Gasteiger partial charge is 0.383 e. The molecule has 1 unspecified atom stereocenters. The summed E-state index contributed by atoms with van der Waals surface area (Å²) in [5, 5.41) is 11.2. The summed E-state index contributed by atoms with van der Waals surface area (Å²) in [6.07, 6.45) is 0.643. The predicted molar refractivity (Wildman–Crippen MR) is 44.3 cm³/mol. The number of nitrogens with zero attached hydrogens (tertiary/aromatic N) is 1. The Kier molecular flexibility index (Phi) is 6.02. The van der Waals surface area contributed by atoms with Crippen LogP contribution in [0.5, 0.6) is 0 Å². The lowest BCUT2D eigenvalue weighted by Gasteiger charge is -2.06. The van der Waals surface area contributed by atoms with Crippen LogP contribution in [-0.4, -0.2) is 26.2 Å². The Bertz CT molecular complexity index is 174. The molecule has 0 radical (unpaired) electrons. The third-order valence-electron chi connectivity index (χ3n) is 1.42. The average molecular weight is 170 g/mol. The summed E-state index contributed by atoms with van der Waals surface area (Å²) in [5.74, 6) is -0.189. The van der Waals surface area contributed by atoms with Crippen molar-refractivity contribution in [3.05, 3.63) is 0 Å². The maximum atomic E-state index is 10.4. The van der Waals surface area contributed by atoms with Crippen LogP contribution in [0, 0.1) is 17.2 Å². The van der Waals surface area contributed by atoms with Gasteiger partial charge in [0, 0.05) is 20.6 Å². The van der Waals surface area contributed by atoms with Crippen molar-refractivity contribution in [2.75, 3.05) is 20.3 Å². The van der Waals surface area contributed by atoms with Crippen LogP contribution in [0.25, 0.3) is 0 Å². The second-order valence-electron chi connectivity index (χ2n) is 2.55. The molecule has 0 spiro atoms. The summed E-state index contributed by atoms with van der Waals surface area (Å²) in [6.45, 7) is 2.42. The van der Waals surface area contributed by atoms with Crippen LogP contribution in [0.1, 0.15) is 13.3 Å². The first-order valence-electron chi connectivity index (χ1n) is 3.83. The SMILES string of the molecule is COCC(C#N)CCNC(C)=O. The number of hydrogen-bond acceptors (Lipinski definition) is 3. The first kappa shape index (κ1) is 10.9. The predicted octanol–water partition coefficient (Wildman–Crippen LogP) is 0.299. The van der Waals surface area contributed by atoms with Crippen molar-refractivity contribution in [1.29, 1.82) is 5.26 Å². The summed E-state index contributed by atoms with van der Waals surface area (Å²) < 4.78 is 4.82. The molecule has 4 nitrogen and oxygen atoms in total. The summed E-state index contributed by atoms with van der Waals surface area (Å²) in [6, 6.07) is 2.10. The van der Waals surface area contributed by atoms with Crippen molar-refractivity contribution in [3.8, 4) is 6.07 Å². The number of amides is 1. The number of methoxy groups -OCH3 is 1. The number of nitriles is 1. The first-order valence-corrected chi connectivity index (χ1v) is 3.83. The van der Waals surface area contributed by atoms with Gasteiger partial charge in [-0.15, -0.1) is 0 Å². The Morgan fingerprint density at radius 2 is 2.42 bits per heavy atom. The molecular weight excluding hydrogens is 156 g/mol. The van der Waals surface area contributed by atoms with Crippen LogP contribution in [-0.2, 0) is 9.53 Å². The summed E-state index contributed by atoms with van der Waals surface area (Å²) in [7, 11) is 1.56. The quantitative estimate of drug-likeness (QED) is 0.645. The van der Waals surface area contributed by atoms with Gasteiger partial charge in [-0.3, -0.25) is 4.79 Å². The van der Waals surface area contributed by atoms with E-state index < -0.39 is 0 Å². The van der Waals surface area contributed by atoms with Gasteiger partial charge < -0.3 is 10.1 Å². The van der Waals surface area contributed by atoms with Gasteiger partial charge in [-0.05, 0) is 6.42 Å². The lowest BCUT2D eigenvalue weighted by Crippen LogP contribution is -2.23. The average Bonchev–Trinajstić information content (AvgIpc) is 2.02. The fourth-order valence-electron chi connectivity index (χ4n) is 0.809. The number of rotatable bonds is 5. The highest BCUT2D eigenvalue weighted by Crippen LogP contribution is 1.99. The van der Waals surface area contributed by atoms with Gasteiger partial charge in [0.25, 0.3) is 0 Å². The van der Waals surface area contributed by atoms with E-state index >= 15 is 0 Å². The standard InChI is InChI=1S/C8H14N2O2/c1-7(11)10-4-3-8(5-9)6-12-2/h8H,3-4,6H2,1-2H3,(H,10,11). The minimum atomic E-state index is -0.123. The lowest BCUT2D eigenvalue weighted by molar-refractivity contribution is -0.119. The third-order valence-corrected chi connectivity index (χ3v) is 1.42. The molecule has 0 fully saturated rings. The van der Waals surface area contributed by atoms with Crippen LogP contribution in [0.4, 0.5) is 0 Å². The monoisotopic (exact) mass is 170 g/mol. The van der Waals surface area contributed by atoms with E-state index in [1.807, 2.05) is 0 Å². The lowest BCUT2D eigenvalue weighted by atomic mass is 10.1. The fraction of sp³-hybridized carbons (Fsp3) is 0.750. The van der Waals surface area contributed by atoms with Crippen LogP contribution < -0.4 is 5.32 Å². The number of hydrogen-bond donors (Lipinski definition) is 1. The van der Waals surface area contributed by atoms with Crippen LogP contribution in [0.15, 0.2) is 0 Å². The highest BCUT2D eigenvalue weighted by atomic mass is 16.5. The molecule has 0 rings (SSSR count). The molecule has 1 amide bonds. The number of ether oxygens (including phenoxy) is 1. The molecule has 0 saturated heterocycles. The van der Waals surface area contributed by atoms with Crippen LogP contribution in [0.3, 0.4) is 0 Å². The van der Waals surface area contributed by atoms with Gasteiger partial charge in [-0.1, -0.05) is 0 Å². The van der Waals surface area contributed by atoms with E-state index in [-0.39, 0.29) is 11.8 Å². The fourth-order valence-corrected chi connectivity index (χ4v) is 0.809. The molecule has 0 aromatic carbocycles. The van der Waals surface area contributed by atoms with E-state index in [2.05, 4.69) is 11.4 Å². The molecule has 68 valence electrons. The maximum Gasteiger partial charge on any atom is 0.216 e.